The number of aryl methyl sites for hydroxylation is 1. The normalized spacial score (nSPS) is 27.0. The third kappa shape index (κ3) is 2.93. The van der Waals surface area contributed by atoms with Crippen molar-refractivity contribution >= 4 is 11.7 Å². The van der Waals surface area contributed by atoms with Crippen LogP contribution in [-0.2, 0) is 11.3 Å². The monoisotopic (exact) mass is 383 g/mol. The van der Waals surface area contributed by atoms with E-state index in [1.54, 1.807) is 12.1 Å². The third-order valence-corrected chi connectivity index (χ3v) is 5.71. The van der Waals surface area contributed by atoms with E-state index in [0.717, 1.165) is 49.6 Å². The van der Waals surface area contributed by atoms with Crippen molar-refractivity contribution in [2.75, 3.05) is 13.2 Å². The van der Waals surface area contributed by atoms with Crippen LogP contribution in [0.1, 0.15) is 30.7 Å². The average molecular weight is 383 g/mol. The Morgan fingerprint density at radius 1 is 1.29 bits per heavy atom. The fourth-order valence-corrected chi connectivity index (χ4v) is 4.69. The Morgan fingerprint density at radius 3 is 2.89 bits per heavy atom. The fourth-order valence-electron chi connectivity index (χ4n) is 4.69. The van der Waals surface area contributed by atoms with Gasteiger partial charge in [-0.25, -0.2) is 4.39 Å². The zero-order valence-electron chi connectivity index (χ0n) is 15.7. The van der Waals surface area contributed by atoms with Gasteiger partial charge in [0.15, 0.2) is 6.61 Å². The van der Waals surface area contributed by atoms with Crippen molar-refractivity contribution in [1.29, 1.82) is 0 Å². The average Bonchev–Trinajstić information content (AvgIpc) is 2.98. The molecular weight excluding hydrogens is 361 g/mol. The minimum absolute atomic E-state index is 0.00980. The molecule has 146 valence electrons. The van der Waals surface area contributed by atoms with Crippen LogP contribution in [-0.4, -0.2) is 45.8 Å². The third-order valence-electron chi connectivity index (χ3n) is 5.71. The summed E-state index contributed by atoms with van der Waals surface area (Å²) < 4.78 is 20.5. The summed E-state index contributed by atoms with van der Waals surface area (Å²) in [5.74, 6) is 0.697. The molecule has 3 saturated carbocycles. The number of aromatic nitrogens is 2. The summed E-state index contributed by atoms with van der Waals surface area (Å²) >= 11 is 0. The summed E-state index contributed by atoms with van der Waals surface area (Å²) in [4.78, 5) is 16.8. The molecule has 3 aliphatic carbocycles. The summed E-state index contributed by atoms with van der Waals surface area (Å²) in [6.07, 6.45) is 2.62. The fraction of sp³-hybridized carbons (Fsp3) is 0.450. The molecule has 7 nitrogen and oxygen atoms in total. The Morgan fingerprint density at radius 2 is 2.11 bits per heavy atom. The summed E-state index contributed by atoms with van der Waals surface area (Å²) in [6, 6.07) is 7.85. The maximum Gasteiger partial charge on any atom is 0.258 e. The van der Waals surface area contributed by atoms with E-state index in [4.69, 9.17) is 4.74 Å². The van der Waals surface area contributed by atoms with Gasteiger partial charge in [0.05, 0.1) is 18.8 Å². The number of carbonyl (C=O) groups is 1. The van der Waals surface area contributed by atoms with Crippen LogP contribution >= 0.6 is 0 Å². The minimum atomic E-state index is -0.382. The molecule has 2 aromatic rings. The highest BCUT2D eigenvalue weighted by Crippen LogP contribution is 2.60. The van der Waals surface area contributed by atoms with E-state index in [0.29, 0.717) is 5.75 Å². The van der Waals surface area contributed by atoms with Gasteiger partial charge < -0.3 is 15.4 Å². The number of fused-ring (bicyclic) bond motifs is 1. The number of hydrogen-bond acceptors (Lipinski definition) is 5. The molecule has 0 atom stereocenters. The lowest BCUT2D eigenvalue weighted by Gasteiger charge is -2.70. The summed E-state index contributed by atoms with van der Waals surface area (Å²) in [5, 5.41) is 11.2. The lowest BCUT2D eigenvalue weighted by Crippen LogP contribution is -2.84. The van der Waals surface area contributed by atoms with Crippen LogP contribution in [0.5, 0.6) is 5.75 Å². The second kappa shape index (κ2) is 6.05. The van der Waals surface area contributed by atoms with Crippen molar-refractivity contribution in [2.45, 2.75) is 43.8 Å². The molecule has 2 bridgehead atoms. The minimum Gasteiger partial charge on any atom is -0.484 e. The molecule has 0 radical (unpaired) electrons. The van der Waals surface area contributed by atoms with Crippen LogP contribution in [0.4, 0.5) is 4.39 Å². The molecular formula is C20H22FN5O2. The predicted molar refractivity (Wildman–Crippen MR) is 101 cm³/mol. The quantitative estimate of drug-likeness (QED) is 0.821. The van der Waals surface area contributed by atoms with Gasteiger partial charge in [0.1, 0.15) is 23.1 Å². The van der Waals surface area contributed by atoms with Crippen LogP contribution in [0, 0.1) is 12.7 Å². The topological polar surface area (TPSA) is 80.5 Å². The molecule has 3 fully saturated rings. The van der Waals surface area contributed by atoms with Crippen molar-refractivity contribution in [3.8, 4) is 5.75 Å². The molecule has 1 amide bonds. The predicted octanol–water partition coefficient (Wildman–Crippen LogP) is 1.55. The molecule has 8 heteroatoms. The Bertz CT molecular complexity index is 963. The van der Waals surface area contributed by atoms with Gasteiger partial charge in [-0.05, 0) is 44.4 Å². The molecule has 1 aromatic carbocycles. The molecule has 6 rings (SSSR count). The molecule has 2 N–H and O–H groups in total. The first-order chi connectivity index (χ1) is 13.4. The van der Waals surface area contributed by atoms with Crippen LogP contribution < -0.4 is 15.4 Å². The van der Waals surface area contributed by atoms with Gasteiger partial charge in [0.2, 0.25) is 0 Å². The van der Waals surface area contributed by atoms with Gasteiger partial charge in [0, 0.05) is 17.1 Å². The van der Waals surface area contributed by atoms with Crippen molar-refractivity contribution in [3.63, 3.8) is 0 Å². The van der Waals surface area contributed by atoms with Crippen LogP contribution in [0.15, 0.2) is 35.3 Å². The molecule has 0 spiro atoms. The summed E-state index contributed by atoms with van der Waals surface area (Å²) in [5.41, 5.74) is 1.89. The lowest BCUT2D eigenvalue weighted by atomic mass is 9.44. The van der Waals surface area contributed by atoms with Gasteiger partial charge >= 0.3 is 0 Å². The van der Waals surface area contributed by atoms with E-state index in [1.165, 1.54) is 12.1 Å². The maximum absolute atomic E-state index is 13.2. The van der Waals surface area contributed by atoms with Crippen molar-refractivity contribution in [2.24, 2.45) is 4.99 Å². The van der Waals surface area contributed by atoms with Gasteiger partial charge in [0.25, 0.3) is 5.91 Å². The standard InChI is InChI=1S/C20H22FN5O2/c1-13-7-16-18(22-5-6-26(16)25-13)24-20-10-19(11-20,12-20)23-17(27)9-28-15-4-2-3-14(21)8-15/h2-4,7-8H,5-6,9-12H2,1H3,(H,22,24)(H,23,27). The Kier molecular flexibility index (Phi) is 3.72. The maximum atomic E-state index is 13.2. The van der Waals surface area contributed by atoms with E-state index in [1.807, 2.05) is 11.6 Å². The molecule has 1 aliphatic heterocycles. The number of hydrogen-bond donors (Lipinski definition) is 2. The Balaban J connectivity index is 1.13. The van der Waals surface area contributed by atoms with E-state index in [2.05, 4.69) is 26.8 Å². The zero-order valence-corrected chi connectivity index (χ0v) is 15.7. The zero-order chi connectivity index (χ0) is 19.4. The number of amides is 1. The largest absolute Gasteiger partial charge is 0.484 e. The second-order valence-electron chi connectivity index (χ2n) is 8.13. The first kappa shape index (κ1) is 17.2. The second-order valence-corrected chi connectivity index (χ2v) is 8.13. The van der Waals surface area contributed by atoms with Gasteiger partial charge in [-0.2, -0.15) is 5.10 Å². The molecule has 28 heavy (non-hydrogen) atoms. The number of benzene rings is 1. The van der Waals surface area contributed by atoms with Crippen molar-refractivity contribution in [1.82, 2.24) is 20.4 Å². The number of nitrogens with zero attached hydrogens (tertiary/aromatic N) is 3. The highest BCUT2D eigenvalue weighted by Gasteiger charge is 2.69. The van der Waals surface area contributed by atoms with Gasteiger partial charge in [-0.15, -0.1) is 0 Å². The highest BCUT2D eigenvalue weighted by molar-refractivity contribution is 5.98. The summed E-state index contributed by atoms with van der Waals surface area (Å²) in [6.45, 7) is 3.41. The molecule has 1 aromatic heterocycles. The smallest absolute Gasteiger partial charge is 0.258 e. The molecule has 0 saturated heterocycles. The number of rotatable bonds is 5. The number of carbonyl (C=O) groups excluding carboxylic acids is 1. The lowest BCUT2D eigenvalue weighted by molar-refractivity contribution is -0.140. The van der Waals surface area contributed by atoms with E-state index in [9.17, 15) is 9.18 Å². The van der Waals surface area contributed by atoms with E-state index >= 15 is 0 Å². The molecule has 2 heterocycles. The van der Waals surface area contributed by atoms with Gasteiger partial charge in [-0.3, -0.25) is 14.5 Å². The summed E-state index contributed by atoms with van der Waals surface area (Å²) in [7, 11) is 0. The highest BCUT2D eigenvalue weighted by atomic mass is 19.1. The SMILES string of the molecule is Cc1cc2n(n1)CCN=C2NC12CC(NC(=O)COc3cccc(F)c3)(C1)C2. The Hall–Kier alpha value is -2.90. The molecule has 4 aliphatic rings. The van der Waals surface area contributed by atoms with Crippen LogP contribution in [0.3, 0.4) is 0 Å². The van der Waals surface area contributed by atoms with Gasteiger partial charge in [-0.1, -0.05) is 6.07 Å². The van der Waals surface area contributed by atoms with E-state index < -0.39 is 0 Å². The first-order valence-electron chi connectivity index (χ1n) is 9.51. The van der Waals surface area contributed by atoms with Crippen LogP contribution in [0.2, 0.25) is 0 Å². The number of aliphatic imine (C=N–C) groups is 1. The van der Waals surface area contributed by atoms with Crippen molar-refractivity contribution < 1.29 is 13.9 Å². The number of nitrogens with one attached hydrogen (secondary N) is 2. The van der Waals surface area contributed by atoms with Crippen molar-refractivity contribution in [3.05, 3.63) is 47.5 Å². The Labute approximate surface area is 162 Å². The first-order valence-corrected chi connectivity index (χ1v) is 9.51. The number of halogens is 1. The number of ether oxygens (including phenoxy) is 1. The van der Waals surface area contributed by atoms with Crippen LogP contribution in [0.25, 0.3) is 0 Å². The number of amidine groups is 1. The van der Waals surface area contributed by atoms with E-state index in [-0.39, 0.29) is 29.4 Å². The molecule has 0 unspecified atom stereocenters.